The zero-order valence-corrected chi connectivity index (χ0v) is 18.9. The Morgan fingerprint density at radius 1 is 1.06 bits per heavy atom. The predicted molar refractivity (Wildman–Crippen MR) is 128 cm³/mol. The third-order valence-corrected chi connectivity index (χ3v) is 6.28. The fourth-order valence-corrected chi connectivity index (χ4v) is 4.49. The van der Waals surface area contributed by atoms with Crippen LogP contribution in [-0.4, -0.2) is 63.3 Å². The standard InChI is InChI=1S/C25H34FN5O/c1-27-25(29-18-22-8-5-11-31(22)19-20-6-3-2-4-7-20)28-17-21-9-10-24(23(26)16-21)30-12-14-32-15-13-30/h2-4,6-7,9-10,16,22H,5,8,11-15,17-19H2,1H3,(H2,27,28,29). The van der Waals surface area contributed by atoms with Gasteiger partial charge in [0.15, 0.2) is 5.96 Å². The molecule has 0 aliphatic carbocycles. The first-order chi connectivity index (χ1) is 15.7. The molecule has 0 aromatic heterocycles. The van der Waals surface area contributed by atoms with Crippen LogP contribution in [0.4, 0.5) is 10.1 Å². The fourth-order valence-electron chi connectivity index (χ4n) is 4.49. The van der Waals surface area contributed by atoms with Crippen LogP contribution in [0.2, 0.25) is 0 Å². The van der Waals surface area contributed by atoms with Crippen molar-refractivity contribution in [1.82, 2.24) is 15.5 Å². The third kappa shape index (κ3) is 5.99. The highest BCUT2D eigenvalue weighted by Gasteiger charge is 2.24. The van der Waals surface area contributed by atoms with E-state index in [4.69, 9.17) is 4.74 Å². The summed E-state index contributed by atoms with van der Waals surface area (Å²) in [6.45, 7) is 6.23. The van der Waals surface area contributed by atoms with E-state index >= 15 is 0 Å². The Labute approximate surface area is 190 Å². The molecule has 4 rings (SSSR count). The van der Waals surface area contributed by atoms with E-state index in [0.717, 1.165) is 44.2 Å². The highest BCUT2D eigenvalue weighted by molar-refractivity contribution is 5.79. The Kier molecular flexibility index (Phi) is 7.96. The summed E-state index contributed by atoms with van der Waals surface area (Å²) >= 11 is 0. The summed E-state index contributed by atoms with van der Waals surface area (Å²) in [5.41, 5.74) is 2.90. The van der Waals surface area contributed by atoms with Crippen molar-refractivity contribution in [2.24, 2.45) is 4.99 Å². The number of nitrogens with one attached hydrogen (secondary N) is 2. The minimum atomic E-state index is -0.184. The molecule has 0 bridgehead atoms. The minimum absolute atomic E-state index is 0.184. The number of aliphatic imine (C=N–C) groups is 1. The van der Waals surface area contributed by atoms with Crippen LogP contribution in [0.1, 0.15) is 24.0 Å². The molecule has 2 fully saturated rings. The first kappa shape index (κ1) is 22.6. The molecule has 0 saturated carbocycles. The summed E-state index contributed by atoms with van der Waals surface area (Å²) in [7, 11) is 1.77. The van der Waals surface area contributed by atoms with Crippen molar-refractivity contribution in [1.29, 1.82) is 0 Å². The molecule has 32 heavy (non-hydrogen) atoms. The second-order valence-corrected chi connectivity index (χ2v) is 8.44. The van der Waals surface area contributed by atoms with Crippen molar-refractivity contribution >= 4 is 11.6 Å². The molecular formula is C25H34FN5O. The number of hydrogen-bond donors (Lipinski definition) is 2. The van der Waals surface area contributed by atoms with E-state index in [-0.39, 0.29) is 5.82 Å². The lowest BCUT2D eigenvalue weighted by Gasteiger charge is -2.29. The number of benzene rings is 2. The highest BCUT2D eigenvalue weighted by atomic mass is 19.1. The molecule has 2 aromatic carbocycles. The van der Waals surface area contributed by atoms with Gasteiger partial charge in [-0.2, -0.15) is 0 Å². The van der Waals surface area contributed by atoms with E-state index in [1.165, 1.54) is 18.4 Å². The molecular weight excluding hydrogens is 405 g/mol. The van der Waals surface area contributed by atoms with Crippen LogP contribution in [0.15, 0.2) is 53.5 Å². The van der Waals surface area contributed by atoms with Gasteiger partial charge in [0.25, 0.3) is 0 Å². The molecule has 172 valence electrons. The first-order valence-electron chi connectivity index (χ1n) is 11.6. The molecule has 2 aliphatic heterocycles. The van der Waals surface area contributed by atoms with Gasteiger partial charge in [0.05, 0.1) is 18.9 Å². The van der Waals surface area contributed by atoms with Gasteiger partial charge in [-0.3, -0.25) is 9.89 Å². The van der Waals surface area contributed by atoms with Crippen LogP contribution in [0.5, 0.6) is 0 Å². The summed E-state index contributed by atoms with van der Waals surface area (Å²) in [6, 6.07) is 16.6. The van der Waals surface area contributed by atoms with Gasteiger partial charge in [-0.25, -0.2) is 4.39 Å². The number of ether oxygens (including phenoxy) is 1. The molecule has 1 unspecified atom stereocenters. The second kappa shape index (κ2) is 11.3. The lowest BCUT2D eigenvalue weighted by atomic mass is 10.1. The van der Waals surface area contributed by atoms with Crippen LogP contribution in [0.25, 0.3) is 0 Å². The molecule has 2 N–H and O–H groups in total. The van der Waals surface area contributed by atoms with Gasteiger partial charge in [-0.1, -0.05) is 36.4 Å². The van der Waals surface area contributed by atoms with Crippen LogP contribution in [-0.2, 0) is 17.8 Å². The zero-order chi connectivity index (χ0) is 22.2. The molecule has 2 heterocycles. The molecule has 2 saturated heterocycles. The molecule has 7 heteroatoms. The Bertz CT molecular complexity index is 885. The van der Waals surface area contributed by atoms with E-state index in [1.807, 2.05) is 17.0 Å². The van der Waals surface area contributed by atoms with E-state index < -0.39 is 0 Å². The monoisotopic (exact) mass is 439 g/mol. The van der Waals surface area contributed by atoms with Gasteiger partial charge in [-0.15, -0.1) is 0 Å². The van der Waals surface area contributed by atoms with Gasteiger partial charge >= 0.3 is 0 Å². The Balaban J connectivity index is 1.26. The normalized spacial score (nSPS) is 19.9. The average Bonchev–Trinajstić information content (AvgIpc) is 3.27. The SMILES string of the molecule is CN=C(NCc1ccc(N2CCOCC2)c(F)c1)NCC1CCCN1Cc1ccccc1. The van der Waals surface area contributed by atoms with Crippen molar-refractivity contribution in [3.05, 3.63) is 65.5 Å². The van der Waals surface area contributed by atoms with E-state index in [9.17, 15) is 4.39 Å². The Hall–Kier alpha value is -2.64. The molecule has 0 spiro atoms. The van der Waals surface area contributed by atoms with Crippen molar-refractivity contribution in [2.75, 3.05) is 51.3 Å². The van der Waals surface area contributed by atoms with Crippen LogP contribution < -0.4 is 15.5 Å². The number of rotatable bonds is 7. The number of likely N-dealkylation sites (tertiary alicyclic amines) is 1. The third-order valence-electron chi connectivity index (χ3n) is 6.28. The molecule has 2 aliphatic rings. The average molecular weight is 440 g/mol. The van der Waals surface area contributed by atoms with E-state index in [2.05, 4.69) is 50.9 Å². The summed E-state index contributed by atoms with van der Waals surface area (Å²) in [5.74, 6) is 0.561. The van der Waals surface area contributed by atoms with Gasteiger partial charge in [-0.05, 0) is 42.6 Å². The molecule has 0 amide bonds. The predicted octanol–water partition coefficient (Wildman–Crippen LogP) is 2.99. The van der Waals surface area contributed by atoms with Crippen molar-refractivity contribution < 1.29 is 9.13 Å². The van der Waals surface area contributed by atoms with Crippen molar-refractivity contribution in [3.8, 4) is 0 Å². The lowest BCUT2D eigenvalue weighted by molar-refractivity contribution is 0.122. The number of hydrogen-bond acceptors (Lipinski definition) is 4. The number of halogens is 1. The quantitative estimate of drug-likeness (QED) is 0.513. The second-order valence-electron chi connectivity index (χ2n) is 8.44. The van der Waals surface area contributed by atoms with Gasteiger partial charge in [0.2, 0.25) is 0 Å². The molecule has 0 radical (unpaired) electrons. The summed E-state index contributed by atoms with van der Waals surface area (Å²) in [4.78, 5) is 8.92. The summed E-state index contributed by atoms with van der Waals surface area (Å²) < 4.78 is 20.0. The lowest BCUT2D eigenvalue weighted by Crippen LogP contribution is -2.44. The zero-order valence-electron chi connectivity index (χ0n) is 18.9. The Morgan fingerprint density at radius 3 is 2.62 bits per heavy atom. The molecule has 6 nitrogen and oxygen atoms in total. The molecule has 2 aromatic rings. The number of morpholine rings is 1. The van der Waals surface area contributed by atoms with Crippen molar-refractivity contribution in [3.63, 3.8) is 0 Å². The Morgan fingerprint density at radius 2 is 1.88 bits per heavy atom. The maximum absolute atomic E-state index is 14.7. The topological polar surface area (TPSA) is 52.1 Å². The fraction of sp³-hybridized carbons (Fsp3) is 0.480. The van der Waals surface area contributed by atoms with Gasteiger partial charge in [0, 0.05) is 45.8 Å². The number of guanidine groups is 1. The smallest absolute Gasteiger partial charge is 0.191 e. The number of nitrogens with zero attached hydrogens (tertiary/aromatic N) is 3. The summed E-state index contributed by atoms with van der Waals surface area (Å²) in [5, 5.41) is 6.78. The number of anilines is 1. The van der Waals surface area contributed by atoms with E-state index in [1.54, 1.807) is 13.1 Å². The minimum Gasteiger partial charge on any atom is -0.378 e. The first-order valence-corrected chi connectivity index (χ1v) is 11.6. The largest absolute Gasteiger partial charge is 0.378 e. The maximum Gasteiger partial charge on any atom is 0.191 e. The van der Waals surface area contributed by atoms with Crippen LogP contribution >= 0.6 is 0 Å². The van der Waals surface area contributed by atoms with E-state index in [0.29, 0.717) is 31.5 Å². The maximum atomic E-state index is 14.7. The summed E-state index contributed by atoms with van der Waals surface area (Å²) in [6.07, 6.45) is 2.41. The van der Waals surface area contributed by atoms with Crippen molar-refractivity contribution in [2.45, 2.75) is 32.0 Å². The van der Waals surface area contributed by atoms with Gasteiger partial charge in [0.1, 0.15) is 5.82 Å². The van der Waals surface area contributed by atoms with Crippen LogP contribution in [0.3, 0.4) is 0 Å². The molecule has 1 atom stereocenters. The van der Waals surface area contributed by atoms with Crippen LogP contribution in [0, 0.1) is 5.82 Å². The highest BCUT2D eigenvalue weighted by Crippen LogP contribution is 2.22. The van der Waals surface area contributed by atoms with Gasteiger partial charge < -0.3 is 20.3 Å².